The molecule has 1 aliphatic rings. The second kappa shape index (κ2) is 6.10. The molecule has 7 heteroatoms. The molecule has 1 heterocycles. The number of piperidine rings is 1. The predicted molar refractivity (Wildman–Crippen MR) is 80.0 cm³/mol. The molecule has 0 spiro atoms. The van der Waals surface area contributed by atoms with Gasteiger partial charge in [-0.05, 0) is 60.4 Å². The zero-order valence-electron chi connectivity index (χ0n) is 10.5. The Labute approximate surface area is 127 Å². The Morgan fingerprint density at radius 3 is 2.84 bits per heavy atom. The molecule has 0 amide bonds. The molecule has 0 bridgehead atoms. The number of nitrogens with one attached hydrogen (secondary N) is 2. The van der Waals surface area contributed by atoms with Crippen LogP contribution in [-0.2, 0) is 10.0 Å². The molecule has 1 aliphatic heterocycles. The summed E-state index contributed by atoms with van der Waals surface area (Å²) in [4.78, 5) is 0.193. The fourth-order valence-electron chi connectivity index (χ4n) is 2.12. The molecule has 2 N–H and O–H groups in total. The van der Waals surface area contributed by atoms with E-state index < -0.39 is 10.0 Å². The van der Waals surface area contributed by atoms with E-state index in [-0.39, 0.29) is 17.0 Å². The van der Waals surface area contributed by atoms with Crippen molar-refractivity contribution in [3.8, 4) is 0 Å². The third-order valence-electron chi connectivity index (χ3n) is 3.27. The van der Waals surface area contributed by atoms with Gasteiger partial charge in [0, 0.05) is 16.6 Å². The van der Waals surface area contributed by atoms with Gasteiger partial charge in [0.2, 0.25) is 10.0 Å². The first-order valence-electron chi connectivity index (χ1n) is 6.11. The monoisotopic (exact) mass is 366 g/mol. The van der Waals surface area contributed by atoms with Gasteiger partial charge >= 0.3 is 0 Å². The molecule has 1 fully saturated rings. The van der Waals surface area contributed by atoms with Crippen LogP contribution >= 0.6 is 27.5 Å². The van der Waals surface area contributed by atoms with Gasteiger partial charge in [0.25, 0.3) is 0 Å². The molecule has 0 saturated carbocycles. The molecule has 1 aromatic rings. The summed E-state index contributed by atoms with van der Waals surface area (Å²) in [6.45, 7) is 2.92. The van der Waals surface area contributed by atoms with E-state index in [9.17, 15) is 8.42 Å². The second-order valence-electron chi connectivity index (χ2n) is 4.69. The molecule has 19 heavy (non-hydrogen) atoms. The molecule has 4 nitrogen and oxygen atoms in total. The van der Waals surface area contributed by atoms with Crippen molar-refractivity contribution < 1.29 is 8.42 Å². The van der Waals surface area contributed by atoms with E-state index >= 15 is 0 Å². The van der Waals surface area contributed by atoms with Crippen LogP contribution in [0.1, 0.15) is 19.8 Å². The zero-order valence-corrected chi connectivity index (χ0v) is 13.6. The Kier molecular flexibility index (Phi) is 4.89. The fraction of sp³-hybridized carbons (Fsp3) is 0.500. The molecule has 1 saturated heterocycles. The summed E-state index contributed by atoms with van der Waals surface area (Å²) in [5.74, 6) is 0. The van der Waals surface area contributed by atoms with Crippen molar-refractivity contribution in [3.63, 3.8) is 0 Å². The maximum Gasteiger partial charge on any atom is 0.240 e. The Bertz CT molecular complexity index is 565. The van der Waals surface area contributed by atoms with Crippen molar-refractivity contribution in [3.05, 3.63) is 27.7 Å². The summed E-state index contributed by atoms with van der Waals surface area (Å²) in [5.41, 5.74) is 0. The Morgan fingerprint density at radius 1 is 1.47 bits per heavy atom. The molecule has 2 atom stereocenters. The highest BCUT2D eigenvalue weighted by Crippen LogP contribution is 2.25. The molecule has 0 radical (unpaired) electrons. The van der Waals surface area contributed by atoms with Crippen LogP contribution in [0.5, 0.6) is 0 Å². The predicted octanol–water partition coefficient (Wildman–Crippen LogP) is 2.52. The molecule has 0 aliphatic carbocycles. The van der Waals surface area contributed by atoms with Gasteiger partial charge in [-0.1, -0.05) is 11.6 Å². The number of hydrogen-bond acceptors (Lipinski definition) is 3. The van der Waals surface area contributed by atoms with Gasteiger partial charge < -0.3 is 5.32 Å². The first kappa shape index (κ1) is 15.3. The van der Waals surface area contributed by atoms with Gasteiger partial charge in [0.15, 0.2) is 0 Å². The molecule has 106 valence electrons. The van der Waals surface area contributed by atoms with E-state index in [1.54, 1.807) is 12.1 Å². The topological polar surface area (TPSA) is 58.2 Å². The van der Waals surface area contributed by atoms with Crippen LogP contribution in [0.2, 0.25) is 5.02 Å². The highest BCUT2D eigenvalue weighted by Gasteiger charge is 2.26. The van der Waals surface area contributed by atoms with Gasteiger partial charge in [-0.2, -0.15) is 0 Å². The second-order valence-corrected chi connectivity index (χ2v) is 7.66. The van der Waals surface area contributed by atoms with Crippen molar-refractivity contribution in [1.82, 2.24) is 10.0 Å². The number of rotatable bonds is 3. The lowest BCUT2D eigenvalue weighted by molar-refractivity contribution is 0.349. The van der Waals surface area contributed by atoms with Crippen LogP contribution in [0, 0.1) is 0 Å². The molecular weight excluding hydrogens is 352 g/mol. The van der Waals surface area contributed by atoms with Crippen LogP contribution < -0.4 is 10.0 Å². The quantitative estimate of drug-likeness (QED) is 0.863. The molecule has 2 rings (SSSR count). The van der Waals surface area contributed by atoms with Crippen LogP contribution in [0.15, 0.2) is 27.6 Å². The lowest BCUT2D eigenvalue weighted by Crippen LogP contribution is -2.51. The highest BCUT2D eigenvalue weighted by molar-refractivity contribution is 9.10. The number of hydrogen-bond donors (Lipinski definition) is 2. The van der Waals surface area contributed by atoms with Gasteiger partial charge in [-0.25, -0.2) is 13.1 Å². The minimum atomic E-state index is -3.53. The van der Waals surface area contributed by atoms with E-state index in [0.717, 1.165) is 19.4 Å². The summed E-state index contributed by atoms with van der Waals surface area (Å²) in [6.07, 6.45) is 1.82. The lowest BCUT2D eigenvalue weighted by atomic mass is 10.0. The smallest absolute Gasteiger partial charge is 0.240 e. The van der Waals surface area contributed by atoms with E-state index in [2.05, 4.69) is 26.0 Å². The maximum absolute atomic E-state index is 12.3. The van der Waals surface area contributed by atoms with E-state index in [1.165, 1.54) is 6.07 Å². The van der Waals surface area contributed by atoms with Crippen molar-refractivity contribution in [1.29, 1.82) is 0 Å². The van der Waals surface area contributed by atoms with Crippen molar-refractivity contribution >= 4 is 37.6 Å². The zero-order chi connectivity index (χ0) is 14.0. The van der Waals surface area contributed by atoms with Gasteiger partial charge in [-0.15, -0.1) is 0 Å². The van der Waals surface area contributed by atoms with Crippen LogP contribution in [0.3, 0.4) is 0 Å². The number of halogens is 2. The SMILES string of the molecule is CC1NCCCC1NS(=O)(=O)c1ccc(Br)c(Cl)c1. The Morgan fingerprint density at radius 2 is 2.21 bits per heavy atom. The summed E-state index contributed by atoms with van der Waals surface area (Å²) in [5, 5.41) is 3.65. The summed E-state index contributed by atoms with van der Waals surface area (Å²) >= 11 is 9.19. The first-order chi connectivity index (χ1) is 8.90. The minimum Gasteiger partial charge on any atom is -0.313 e. The largest absolute Gasteiger partial charge is 0.313 e. The fourth-order valence-corrected chi connectivity index (χ4v) is 3.98. The maximum atomic E-state index is 12.3. The Hall–Kier alpha value is -0.140. The average Bonchev–Trinajstić information content (AvgIpc) is 2.35. The average molecular weight is 368 g/mol. The standard InChI is InChI=1S/C12H16BrClN2O2S/c1-8-12(3-2-6-15-8)16-19(17,18)9-4-5-10(13)11(14)7-9/h4-5,7-8,12,15-16H,2-3,6H2,1H3. The van der Waals surface area contributed by atoms with Crippen molar-refractivity contribution in [2.45, 2.75) is 36.7 Å². The van der Waals surface area contributed by atoms with Crippen LogP contribution in [0.25, 0.3) is 0 Å². The molecule has 0 aromatic heterocycles. The van der Waals surface area contributed by atoms with E-state index in [0.29, 0.717) is 9.50 Å². The van der Waals surface area contributed by atoms with Crippen LogP contribution in [0.4, 0.5) is 0 Å². The lowest BCUT2D eigenvalue weighted by Gasteiger charge is -2.30. The molecule has 1 aromatic carbocycles. The Balaban J connectivity index is 2.19. The summed E-state index contributed by atoms with van der Waals surface area (Å²) in [6, 6.07) is 4.68. The minimum absolute atomic E-state index is 0.0822. The van der Waals surface area contributed by atoms with Gasteiger partial charge in [0.05, 0.1) is 9.92 Å². The number of sulfonamides is 1. The highest BCUT2D eigenvalue weighted by atomic mass is 79.9. The summed E-state index contributed by atoms with van der Waals surface area (Å²) < 4.78 is 28.0. The normalized spacial score (nSPS) is 24.4. The van der Waals surface area contributed by atoms with Crippen LogP contribution in [-0.4, -0.2) is 27.0 Å². The van der Waals surface area contributed by atoms with E-state index in [4.69, 9.17) is 11.6 Å². The van der Waals surface area contributed by atoms with E-state index in [1.807, 2.05) is 6.92 Å². The summed E-state index contributed by atoms with van der Waals surface area (Å²) in [7, 11) is -3.53. The van der Waals surface area contributed by atoms with Crippen molar-refractivity contribution in [2.75, 3.05) is 6.54 Å². The molecular formula is C12H16BrClN2O2S. The number of benzene rings is 1. The first-order valence-corrected chi connectivity index (χ1v) is 8.76. The third kappa shape index (κ3) is 3.70. The van der Waals surface area contributed by atoms with Gasteiger partial charge in [-0.3, -0.25) is 0 Å². The molecule has 2 unspecified atom stereocenters. The van der Waals surface area contributed by atoms with Crippen molar-refractivity contribution in [2.24, 2.45) is 0 Å². The van der Waals surface area contributed by atoms with Gasteiger partial charge in [0.1, 0.15) is 0 Å². The third-order valence-corrected chi connectivity index (χ3v) is 5.99.